The van der Waals surface area contributed by atoms with Gasteiger partial charge in [-0.15, -0.1) is 0 Å². The summed E-state index contributed by atoms with van der Waals surface area (Å²) < 4.78 is 2.69. The topological polar surface area (TPSA) is 82.4 Å². The molecule has 0 aliphatic rings. The van der Waals surface area contributed by atoms with Gasteiger partial charge in [0.2, 0.25) is 5.91 Å². The highest BCUT2D eigenvalue weighted by Crippen LogP contribution is 1.97. The van der Waals surface area contributed by atoms with Crippen LogP contribution >= 0.6 is 0 Å². The van der Waals surface area contributed by atoms with Gasteiger partial charge in [0.25, 0.3) is 0 Å². The second kappa shape index (κ2) is 3.56. The maximum atomic E-state index is 11.7. The van der Waals surface area contributed by atoms with Crippen LogP contribution in [0.25, 0.3) is 5.52 Å². The van der Waals surface area contributed by atoms with Crippen LogP contribution in [-0.4, -0.2) is 20.1 Å². The molecule has 2 N–H and O–H groups in total. The van der Waals surface area contributed by atoms with E-state index in [-0.39, 0.29) is 18.7 Å². The molecule has 0 aliphatic heterocycles. The molecule has 0 aromatic carbocycles. The van der Waals surface area contributed by atoms with Crippen molar-refractivity contribution in [3.63, 3.8) is 0 Å². The molecule has 0 saturated carbocycles. The average molecular weight is 206 g/mol. The third-order valence-corrected chi connectivity index (χ3v) is 2.11. The zero-order valence-electron chi connectivity index (χ0n) is 7.96. The van der Waals surface area contributed by atoms with Gasteiger partial charge in [0, 0.05) is 12.6 Å². The van der Waals surface area contributed by atoms with E-state index in [1.54, 1.807) is 24.5 Å². The van der Waals surface area contributed by atoms with Crippen LogP contribution in [0.3, 0.4) is 0 Å². The SMILES string of the molecule is NC(=O)CCn1ncc2cccn2c1=O. The first-order valence-electron chi connectivity index (χ1n) is 4.50. The number of nitrogens with two attached hydrogens (primary N) is 1. The van der Waals surface area contributed by atoms with Crippen molar-refractivity contribution in [2.45, 2.75) is 13.0 Å². The summed E-state index contributed by atoms with van der Waals surface area (Å²) in [6.45, 7) is 0.211. The molecule has 0 fully saturated rings. The number of nitrogens with zero attached hydrogens (tertiary/aromatic N) is 3. The van der Waals surface area contributed by atoms with Gasteiger partial charge >= 0.3 is 5.69 Å². The standard InChI is InChI=1S/C9H10N4O2/c10-8(14)3-5-13-9(15)12-4-1-2-7(12)6-11-13/h1-2,4,6H,3,5H2,(H2,10,14). The largest absolute Gasteiger partial charge is 0.370 e. The summed E-state index contributed by atoms with van der Waals surface area (Å²) in [5.41, 5.74) is 5.46. The van der Waals surface area contributed by atoms with E-state index in [2.05, 4.69) is 5.10 Å². The van der Waals surface area contributed by atoms with Gasteiger partial charge in [-0.05, 0) is 12.1 Å². The Morgan fingerprint density at radius 1 is 1.53 bits per heavy atom. The number of carbonyl (C=O) groups is 1. The molecular formula is C9H10N4O2. The number of hydrogen-bond donors (Lipinski definition) is 1. The van der Waals surface area contributed by atoms with Crippen LogP contribution in [0.4, 0.5) is 0 Å². The van der Waals surface area contributed by atoms with Gasteiger partial charge in [0.15, 0.2) is 0 Å². The summed E-state index contributed by atoms with van der Waals surface area (Å²) in [5, 5.41) is 3.93. The van der Waals surface area contributed by atoms with Crippen LogP contribution in [0.5, 0.6) is 0 Å². The molecule has 0 saturated heterocycles. The number of hydrogen-bond acceptors (Lipinski definition) is 3. The van der Waals surface area contributed by atoms with Crippen LogP contribution in [0, 0.1) is 0 Å². The Morgan fingerprint density at radius 2 is 2.33 bits per heavy atom. The number of aromatic nitrogens is 3. The second-order valence-electron chi connectivity index (χ2n) is 3.17. The lowest BCUT2D eigenvalue weighted by atomic mass is 10.4. The van der Waals surface area contributed by atoms with Gasteiger partial charge in [-0.2, -0.15) is 5.10 Å². The van der Waals surface area contributed by atoms with Gasteiger partial charge in [0.05, 0.1) is 18.3 Å². The lowest BCUT2D eigenvalue weighted by Crippen LogP contribution is -2.29. The Morgan fingerprint density at radius 3 is 3.07 bits per heavy atom. The smallest absolute Gasteiger partial charge is 0.349 e. The minimum absolute atomic E-state index is 0.111. The molecule has 0 spiro atoms. The molecule has 6 heteroatoms. The predicted octanol–water partition coefficient (Wildman–Crippen LogP) is -0.629. The maximum absolute atomic E-state index is 11.7. The highest BCUT2D eigenvalue weighted by Gasteiger charge is 2.03. The summed E-state index contributed by atoms with van der Waals surface area (Å²) in [7, 11) is 0. The first-order valence-corrected chi connectivity index (χ1v) is 4.50. The van der Waals surface area contributed by atoms with Crippen LogP contribution in [-0.2, 0) is 11.3 Å². The van der Waals surface area contributed by atoms with Crippen molar-refractivity contribution in [2.75, 3.05) is 0 Å². The van der Waals surface area contributed by atoms with Crippen molar-refractivity contribution < 1.29 is 4.79 Å². The number of carbonyl (C=O) groups excluding carboxylic acids is 1. The van der Waals surface area contributed by atoms with Crippen molar-refractivity contribution in [3.05, 3.63) is 35.0 Å². The zero-order valence-corrected chi connectivity index (χ0v) is 7.96. The van der Waals surface area contributed by atoms with E-state index in [1.165, 1.54) is 9.08 Å². The molecule has 0 radical (unpaired) electrons. The Bertz CT molecular complexity index is 554. The minimum atomic E-state index is -0.448. The quantitative estimate of drug-likeness (QED) is 0.725. The van der Waals surface area contributed by atoms with E-state index in [0.717, 1.165) is 5.52 Å². The van der Waals surface area contributed by atoms with Gasteiger partial charge in [0.1, 0.15) is 0 Å². The van der Waals surface area contributed by atoms with Crippen molar-refractivity contribution in [1.29, 1.82) is 0 Å². The number of primary amides is 1. The molecule has 0 aliphatic carbocycles. The third kappa shape index (κ3) is 1.74. The summed E-state index contributed by atoms with van der Waals surface area (Å²) in [6, 6.07) is 3.55. The van der Waals surface area contributed by atoms with Crippen LogP contribution in [0.2, 0.25) is 0 Å². The van der Waals surface area contributed by atoms with E-state index in [9.17, 15) is 9.59 Å². The number of fused-ring (bicyclic) bond motifs is 1. The normalized spacial score (nSPS) is 10.7. The molecule has 2 rings (SSSR count). The molecule has 0 unspecified atom stereocenters. The molecule has 1 amide bonds. The Balaban J connectivity index is 2.40. The molecular weight excluding hydrogens is 196 g/mol. The van der Waals surface area contributed by atoms with Crippen molar-refractivity contribution in [3.8, 4) is 0 Å². The Labute approximate surface area is 84.9 Å². The highest BCUT2D eigenvalue weighted by atomic mass is 16.2. The molecule has 2 heterocycles. The second-order valence-corrected chi connectivity index (χ2v) is 3.17. The molecule has 78 valence electrons. The molecule has 0 atom stereocenters. The number of rotatable bonds is 3. The number of aryl methyl sites for hydroxylation is 1. The van der Waals surface area contributed by atoms with E-state index < -0.39 is 5.91 Å². The first-order chi connectivity index (χ1) is 7.18. The first kappa shape index (κ1) is 9.45. The van der Waals surface area contributed by atoms with E-state index in [0.29, 0.717) is 0 Å². The summed E-state index contributed by atoms with van der Waals surface area (Å²) >= 11 is 0. The monoisotopic (exact) mass is 206 g/mol. The van der Waals surface area contributed by atoms with Crippen LogP contribution < -0.4 is 11.4 Å². The van der Waals surface area contributed by atoms with E-state index in [4.69, 9.17) is 5.73 Å². The van der Waals surface area contributed by atoms with E-state index >= 15 is 0 Å². The highest BCUT2D eigenvalue weighted by molar-refractivity contribution is 5.73. The summed E-state index contributed by atoms with van der Waals surface area (Å²) in [5.74, 6) is -0.448. The molecule has 2 aromatic heterocycles. The molecule has 2 aromatic rings. The molecule has 6 nitrogen and oxygen atoms in total. The lowest BCUT2D eigenvalue weighted by Gasteiger charge is -2.02. The summed E-state index contributed by atoms with van der Waals surface area (Å²) in [6.07, 6.45) is 3.34. The van der Waals surface area contributed by atoms with Crippen molar-refractivity contribution >= 4 is 11.4 Å². The van der Waals surface area contributed by atoms with Gasteiger partial charge in [-0.25, -0.2) is 9.48 Å². The maximum Gasteiger partial charge on any atom is 0.349 e. The number of amides is 1. The van der Waals surface area contributed by atoms with Gasteiger partial charge in [-0.1, -0.05) is 0 Å². The Kier molecular flexibility index (Phi) is 2.24. The average Bonchev–Trinajstić information content (AvgIpc) is 2.65. The van der Waals surface area contributed by atoms with Crippen LogP contribution in [0.15, 0.2) is 29.3 Å². The fourth-order valence-corrected chi connectivity index (χ4v) is 1.35. The minimum Gasteiger partial charge on any atom is -0.370 e. The fourth-order valence-electron chi connectivity index (χ4n) is 1.35. The third-order valence-electron chi connectivity index (χ3n) is 2.11. The van der Waals surface area contributed by atoms with Crippen molar-refractivity contribution in [2.24, 2.45) is 5.73 Å². The predicted molar refractivity (Wildman–Crippen MR) is 53.3 cm³/mol. The van der Waals surface area contributed by atoms with Gasteiger partial charge < -0.3 is 5.73 Å². The summed E-state index contributed by atoms with van der Waals surface area (Å²) in [4.78, 5) is 22.3. The van der Waals surface area contributed by atoms with E-state index in [1.807, 2.05) is 0 Å². The Hall–Kier alpha value is -2.11. The zero-order chi connectivity index (χ0) is 10.8. The fraction of sp³-hybridized carbons (Fsp3) is 0.222. The van der Waals surface area contributed by atoms with Crippen LogP contribution in [0.1, 0.15) is 6.42 Å². The molecule has 15 heavy (non-hydrogen) atoms. The molecule has 0 bridgehead atoms. The van der Waals surface area contributed by atoms with Crippen molar-refractivity contribution in [1.82, 2.24) is 14.2 Å². The van der Waals surface area contributed by atoms with Gasteiger partial charge in [-0.3, -0.25) is 9.20 Å². The lowest BCUT2D eigenvalue weighted by molar-refractivity contribution is -0.118.